The molecule has 1 aliphatic rings. The molecule has 0 atom stereocenters. The van der Waals surface area contributed by atoms with Crippen LogP contribution in [-0.4, -0.2) is 43.9 Å². The Morgan fingerprint density at radius 1 is 1.08 bits per heavy atom. The van der Waals surface area contributed by atoms with Crippen LogP contribution in [0.5, 0.6) is 0 Å². The van der Waals surface area contributed by atoms with Crippen molar-refractivity contribution >= 4 is 23.6 Å². The van der Waals surface area contributed by atoms with Gasteiger partial charge < -0.3 is 5.84 Å². The fourth-order valence-electron chi connectivity index (χ4n) is 2.40. The quantitative estimate of drug-likeness (QED) is 0.373. The molecule has 0 spiro atoms. The number of halogens is 3. The smallest absolute Gasteiger partial charge is 0.335 e. The van der Waals surface area contributed by atoms with Crippen LogP contribution in [0.2, 0.25) is 0 Å². The molecule has 1 aromatic heterocycles. The molecule has 0 aliphatic carbocycles. The van der Waals surface area contributed by atoms with Gasteiger partial charge in [-0.2, -0.15) is 13.2 Å². The van der Waals surface area contributed by atoms with Crippen LogP contribution in [0.25, 0.3) is 0 Å². The Kier molecular flexibility index (Phi) is 4.41. The van der Waals surface area contributed by atoms with E-state index in [1.807, 2.05) is 0 Å². The van der Waals surface area contributed by atoms with Crippen LogP contribution >= 0.6 is 11.8 Å². The third-order valence-electron chi connectivity index (χ3n) is 3.55. The van der Waals surface area contributed by atoms with E-state index >= 15 is 0 Å². The molecule has 7 nitrogen and oxygen atoms in total. The SMILES string of the molecule is Nn1c(SCCCN2C(=O)c3ccccc3C2=O)nnc1C(F)(F)F. The number of nitrogens with two attached hydrogens (primary N) is 1. The minimum atomic E-state index is -4.68. The molecule has 2 amide bonds. The number of nitrogens with zero attached hydrogens (tertiary/aromatic N) is 4. The van der Waals surface area contributed by atoms with Crippen molar-refractivity contribution in [3.05, 3.63) is 41.2 Å². The Morgan fingerprint density at radius 3 is 2.20 bits per heavy atom. The average molecular weight is 371 g/mol. The van der Waals surface area contributed by atoms with Gasteiger partial charge in [0, 0.05) is 12.3 Å². The minimum Gasteiger partial charge on any atom is -0.335 e. The van der Waals surface area contributed by atoms with Crippen molar-refractivity contribution in [1.29, 1.82) is 0 Å². The molecule has 1 aliphatic heterocycles. The molecule has 0 saturated carbocycles. The minimum absolute atomic E-state index is 0.0883. The molecular weight excluding hydrogens is 359 g/mol. The Balaban J connectivity index is 1.56. The second kappa shape index (κ2) is 6.39. The number of imide groups is 1. The number of hydrogen-bond acceptors (Lipinski definition) is 6. The summed E-state index contributed by atoms with van der Waals surface area (Å²) in [4.78, 5) is 25.5. The van der Waals surface area contributed by atoms with E-state index < -0.39 is 12.0 Å². The summed E-state index contributed by atoms with van der Waals surface area (Å²) < 4.78 is 38.1. The van der Waals surface area contributed by atoms with Crippen molar-refractivity contribution in [3.8, 4) is 0 Å². The molecule has 2 heterocycles. The number of amides is 2. The van der Waals surface area contributed by atoms with Crippen LogP contribution in [0, 0.1) is 0 Å². The van der Waals surface area contributed by atoms with Crippen molar-refractivity contribution in [3.63, 3.8) is 0 Å². The van der Waals surface area contributed by atoms with E-state index in [0.29, 0.717) is 28.0 Å². The van der Waals surface area contributed by atoms with Gasteiger partial charge in [-0.05, 0) is 18.6 Å². The highest BCUT2D eigenvalue weighted by molar-refractivity contribution is 7.99. The lowest BCUT2D eigenvalue weighted by molar-refractivity contribution is -0.146. The number of fused-ring (bicyclic) bond motifs is 1. The number of benzene rings is 1. The predicted octanol–water partition coefficient (Wildman–Crippen LogP) is 1.79. The molecule has 0 bridgehead atoms. The molecule has 25 heavy (non-hydrogen) atoms. The van der Waals surface area contributed by atoms with Gasteiger partial charge >= 0.3 is 6.18 Å². The van der Waals surface area contributed by atoms with E-state index in [4.69, 9.17) is 5.84 Å². The topological polar surface area (TPSA) is 94.1 Å². The summed E-state index contributed by atoms with van der Waals surface area (Å²) in [6.07, 6.45) is -4.30. The maximum atomic E-state index is 12.6. The van der Waals surface area contributed by atoms with E-state index in [1.165, 1.54) is 0 Å². The number of carbonyl (C=O) groups excluding carboxylic acids is 2. The van der Waals surface area contributed by atoms with Crippen LogP contribution in [0.1, 0.15) is 33.0 Å². The molecule has 3 rings (SSSR count). The van der Waals surface area contributed by atoms with Gasteiger partial charge in [-0.1, -0.05) is 23.9 Å². The van der Waals surface area contributed by atoms with Crippen LogP contribution in [0.15, 0.2) is 29.4 Å². The van der Waals surface area contributed by atoms with Crippen molar-refractivity contribution in [1.82, 2.24) is 19.8 Å². The third-order valence-corrected chi connectivity index (χ3v) is 4.58. The Morgan fingerprint density at radius 2 is 1.68 bits per heavy atom. The van der Waals surface area contributed by atoms with Crippen molar-refractivity contribution in [2.24, 2.45) is 0 Å². The van der Waals surface area contributed by atoms with Crippen LogP contribution in [0.4, 0.5) is 13.2 Å². The first kappa shape index (κ1) is 17.3. The van der Waals surface area contributed by atoms with E-state index in [1.54, 1.807) is 24.3 Å². The lowest BCUT2D eigenvalue weighted by Crippen LogP contribution is -2.31. The zero-order valence-electron chi connectivity index (χ0n) is 12.7. The normalized spacial score (nSPS) is 14.3. The van der Waals surface area contributed by atoms with Gasteiger partial charge in [0.1, 0.15) is 0 Å². The van der Waals surface area contributed by atoms with E-state index in [9.17, 15) is 22.8 Å². The number of carbonyl (C=O) groups is 2. The second-order valence-electron chi connectivity index (χ2n) is 5.18. The number of alkyl halides is 3. The highest BCUT2D eigenvalue weighted by atomic mass is 32.2. The second-order valence-corrected chi connectivity index (χ2v) is 6.25. The highest BCUT2D eigenvalue weighted by Gasteiger charge is 2.38. The fraction of sp³-hybridized carbons (Fsp3) is 0.286. The molecule has 2 aromatic rings. The van der Waals surface area contributed by atoms with E-state index in [0.717, 1.165) is 16.7 Å². The highest BCUT2D eigenvalue weighted by Crippen LogP contribution is 2.29. The number of rotatable bonds is 5. The number of hydrogen-bond donors (Lipinski definition) is 1. The van der Waals surface area contributed by atoms with Crippen LogP contribution in [0.3, 0.4) is 0 Å². The van der Waals surface area contributed by atoms with Crippen LogP contribution < -0.4 is 5.84 Å². The van der Waals surface area contributed by atoms with Crippen molar-refractivity contribution < 1.29 is 22.8 Å². The van der Waals surface area contributed by atoms with Gasteiger partial charge in [0.15, 0.2) is 0 Å². The molecule has 0 saturated heterocycles. The molecule has 0 unspecified atom stereocenters. The monoisotopic (exact) mass is 371 g/mol. The van der Waals surface area contributed by atoms with E-state index in [2.05, 4.69) is 10.2 Å². The molecular formula is C14H12F3N5O2S. The third kappa shape index (κ3) is 3.18. The lowest BCUT2D eigenvalue weighted by Gasteiger charge is -2.13. The number of aromatic nitrogens is 3. The van der Waals surface area contributed by atoms with Crippen molar-refractivity contribution in [2.45, 2.75) is 17.8 Å². The van der Waals surface area contributed by atoms with Gasteiger partial charge in [0.2, 0.25) is 5.16 Å². The summed E-state index contributed by atoms with van der Waals surface area (Å²) in [6.45, 7) is 0.157. The zero-order valence-corrected chi connectivity index (χ0v) is 13.5. The summed E-state index contributed by atoms with van der Waals surface area (Å²) >= 11 is 0.969. The summed E-state index contributed by atoms with van der Waals surface area (Å²) in [5.74, 6) is 3.63. The van der Waals surface area contributed by atoms with Gasteiger partial charge in [-0.15, -0.1) is 10.2 Å². The molecule has 1 aromatic carbocycles. The standard InChI is InChI=1S/C14H12F3N5O2S/c15-14(16,17)12-19-20-13(22(12)18)25-7-3-6-21-10(23)8-4-1-2-5-9(8)11(21)24/h1-2,4-5H,3,6-7,18H2. The van der Waals surface area contributed by atoms with Crippen molar-refractivity contribution in [2.75, 3.05) is 18.1 Å². The molecule has 132 valence electrons. The Hall–Kier alpha value is -2.56. The van der Waals surface area contributed by atoms with Gasteiger partial charge in [0.05, 0.1) is 11.1 Å². The van der Waals surface area contributed by atoms with Gasteiger partial charge in [-0.25, -0.2) is 4.68 Å². The first-order valence-corrected chi connectivity index (χ1v) is 8.15. The first-order chi connectivity index (χ1) is 11.8. The molecule has 0 fully saturated rings. The predicted molar refractivity (Wildman–Crippen MR) is 82.3 cm³/mol. The summed E-state index contributed by atoms with van der Waals surface area (Å²) in [6, 6.07) is 6.52. The van der Waals surface area contributed by atoms with Crippen LogP contribution in [-0.2, 0) is 6.18 Å². The molecule has 2 N–H and O–H groups in total. The fourth-order valence-corrected chi connectivity index (χ4v) is 3.18. The summed E-state index contributed by atoms with van der Waals surface area (Å²) in [5, 5.41) is 6.33. The average Bonchev–Trinajstić information content (AvgIpc) is 3.04. The Labute approximate surface area is 144 Å². The number of thioether (sulfide) groups is 1. The largest absolute Gasteiger partial charge is 0.453 e. The molecule has 11 heteroatoms. The maximum absolute atomic E-state index is 12.6. The first-order valence-electron chi connectivity index (χ1n) is 7.16. The summed E-state index contributed by atoms with van der Waals surface area (Å²) in [7, 11) is 0. The van der Waals surface area contributed by atoms with E-state index in [-0.39, 0.29) is 23.5 Å². The lowest BCUT2D eigenvalue weighted by atomic mass is 10.1. The zero-order chi connectivity index (χ0) is 18.2. The summed E-state index contributed by atoms with van der Waals surface area (Å²) in [5.41, 5.74) is 0.716. The molecule has 0 radical (unpaired) electrons. The number of nitrogen functional groups attached to an aromatic ring is 1. The van der Waals surface area contributed by atoms with Gasteiger partial charge in [0.25, 0.3) is 17.6 Å². The maximum Gasteiger partial charge on any atom is 0.453 e. The Bertz CT molecular complexity index is 801. The van der Waals surface area contributed by atoms with Gasteiger partial charge in [-0.3, -0.25) is 14.5 Å².